The van der Waals surface area contributed by atoms with Crippen LogP contribution < -0.4 is 10.6 Å². The predicted octanol–water partition coefficient (Wildman–Crippen LogP) is 3.38. The summed E-state index contributed by atoms with van der Waals surface area (Å²) in [6.45, 7) is 4.73. The lowest BCUT2D eigenvalue weighted by atomic mass is 9.98. The molecule has 2 N–H and O–H groups in total. The average molecular weight is 307 g/mol. The van der Waals surface area contributed by atoms with Crippen LogP contribution in [-0.2, 0) is 4.74 Å². The maximum absolute atomic E-state index is 6.21. The number of rotatable bonds is 8. The van der Waals surface area contributed by atoms with Crippen molar-refractivity contribution >= 4 is 11.6 Å². The van der Waals surface area contributed by atoms with E-state index in [1.807, 2.05) is 24.4 Å². The minimum absolute atomic E-state index is 0.0361. The first-order chi connectivity index (χ1) is 10.3. The number of allylic oxidation sites excluding steroid dienone is 4. The van der Waals surface area contributed by atoms with Crippen LogP contribution in [-0.4, -0.2) is 25.7 Å². The van der Waals surface area contributed by atoms with Gasteiger partial charge >= 0.3 is 0 Å². The molecule has 1 heterocycles. The fourth-order valence-electron chi connectivity index (χ4n) is 2.24. The Bertz CT molecular complexity index is 489. The molecule has 21 heavy (non-hydrogen) atoms. The van der Waals surface area contributed by atoms with Crippen molar-refractivity contribution in [3.8, 4) is 0 Å². The third kappa shape index (κ3) is 4.80. The number of hydrogen-bond donors (Lipinski definition) is 2. The van der Waals surface area contributed by atoms with E-state index in [1.165, 1.54) is 0 Å². The van der Waals surface area contributed by atoms with E-state index in [2.05, 4.69) is 35.8 Å². The molecule has 1 aliphatic heterocycles. The maximum atomic E-state index is 6.21. The molecule has 0 aromatic rings. The molecule has 0 aromatic heterocycles. The molecule has 1 aliphatic carbocycles. The zero-order valence-corrected chi connectivity index (χ0v) is 13.2. The summed E-state index contributed by atoms with van der Waals surface area (Å²) in [4.78, 5) is 0. The molecule has 0 spiro atoms. The van der Waals surface area contributed by atoms with Crippen LogP contribution in [0.1, 0.15) is 19.8 Å². The van der Waals surface area contributed by atoms with Gasteiger partial charge in [-0.25, -0.2) is 0 Å². The van der Waals surface area contributed by atoms with Crippen LogP contribution in [0.2, 0.25) is 0 Å². The van der Waals surface area contributed by atoms with E-state index < -0.39 is 0 Å². The second-order valence-corrected chi connectivity index (χ2v) is 5.39. The third-order valence-electron chi connectivity index (χ3n) is 3.32. The predicted molar refractivity (Wildman–Crippen MR) is 89.0 cm³/mol. The molecule has 0 saturated heterocycles. The normalized spacial score (nSPS) is 20.5. The summed E-state index contributed by atoms with van der Waals surface area (Å²) < 4.78 is 5.89. The average Bonchev–Trinajstić information content (AvgIpc) is 2.51. The molecular weight excluding hydrogens is 284 g/mol. The Morgan fingerprint density at radius 1 is 1.38 bits per heavy atom. The number of dihydropyridines is 1. The highest BCUT2D eigenvalue weighted by Crippen LogP contribution is 2.27. The lowest BCUT2D eigenvalue weighted by molar-refractivity contribution is 0.214. The molecule has 1 unspecified atom stereocenters. The van der Waals surface area contributed by atoms with Crippen molar-refractivity contribution in [2.24, 2.45) is 0 Å². The first kappa shape index (κ1) is 15.9. The smallest absolute Gasteiger partial charge is 0.126 e. The molecule has 4 heteroatoms. The van der Waals surface area contributed by atoms with Gasteiger partial charge in [0, 0.05) is 23.4 Å². The molecule has 0 saturated carbocycles. The van der Waals surface area contributed by atoms with E-state index in [0.717, 1.165) is 42.3 Å². The van der Waals surface area contributed by atoms with Crippen molar-refractivity contribution in [3.63, 3.8) is 0 Å². The summed E-state index contributed by atoms with van der Waals surface area (Å²) in [7, 11) is 0. The van der Waals surface area contributed by atoms with Crippen molar-refractivity contribution in [2.75, 3.05) is 19.7 Å². The van der Waals surface area contributed by atoms with E-state index in [9.17, 15) is 0 Å². The van der Waals surface area contributed by atoms with Crippen LogP contribution in [0.4, 0.5) is 0 Å². The minimum Gasteiger partial charge on any atom is -0.493 e. The highest BCUT2D eigenvalue weighted by molar-refractivity contribution is 6.30. The topological polar surface area (TPSA) is 33.3 Å². The van der Waals surface area contributed by atoms with Crippen LogP contribution in [0, 0.1) is 0 Å². The highest BCUT2D eigenvalue weighted by atomic mass is 35.5. The summed E-state index contributed by atoms with van der Waals surface area (Å²) >= 11 is 6.21. The molecule has 0 radical (unpaired) electrons. The molecular formula is C17H23ClN2O. The van der Waals surface area contributed by atoms with Gasteiger partial charge in [-0.2, -0.15) is 0 Å². The monoisotopic (exact) mass is 306 g/mol. The van der Waals surface area contributed by atoms with Crippen LogP contribution in [0.25, 0.3) is 0 Å². The quantitative estimate of drug-likeness (QED) is 0.533. The number of fused-ring (bicyclic) bond motifs is 1. The van der Waals surface area contributed by atoms with E-state index >= 15 is 0 Å². The number of hydrogen-bond acceptors (Lipinski definition) is 3. The fourth-order valence-corrected chi connectivity index (χ4v) is 2.49. The van der Waals surface area contributed by atoms with E-state index in [1.54, 1.807) is 0 Å². The zero-order valence-electron chi connectivity index (χ0n) is 12.4. The van der Waals surface area contributed by atoms with Crippen molar-refractivity contribution in [1.29, 1.82) is 0 Å². The Morgan fingerprint density at radius 3 is 3.14 bits per heavy atom. The third-order valence-corrected chi connectivity index (χ3v) is 3.66. The van der Waals surface area contributed by atoms with Crippen LogP contribution in [0.3, 0.4) is 0 Å². The largest absolute Gasteiger partial charge is 0.493 e. The molecule has 0 fully saturated rings. The molecule has 2 aliphatic rings. The number of nitrogens with one attached hydrogen (secondary N) is 2. The number of ether oxygens (including phenoxy) is 1. The molecule has 0 amide bonds. The fraction of sp³-hybridized carbons (Fsp3) is 0.412. The summed E-state index contributed by atoms with van der Waals surface area (Å²) in [6.07, 6.45) is 16.2. The first-order valence-electron chi connectivity index (χ1n) is 7.52. The Kier molecular flexibility index (Phi) is 6.64. The molecule has 0 aromatic carbocycles. The zero-order chi connectivity index (χ0) is 14.9. The van der Waals surface area contributed by atoms with Crippen LogP contribution in [0.5, 0.6) is 0 Å². The Balaban J connectivity index is 1.73. The van der Waals surface area contributed by atoms with Crippen molar-refractivity contribution in [1.82, 2.24) is 10.6 Å². The Labute approximate surface area is 132 Å². The summed E-state index contributed by atoms with van der Waals surface area (Å²) in [6, 6.07) is 0.0361. The van der Waals surface area contributed by atoms with Gasteiger partial charge in [0.25, 0.3) is 0 Å². The minimum atomic E-state index is 0.0361. The maximum Gasteiger partial charge on any atom is 0.126 e. The van der Waals surface area contributed by atoms with Gasteiger partial charge in [-0.1, -0.05) is 42.8 Å². The van der Waals surface area contributed by atoms with Gasteiger partial charge < -0.3 is 15.4 Å². The second kappa shape index (κ2) is 8.75. The first-order valence-corrected chi connectivity index (χ1v) is 7.89. The van der Waals surface area contributed by atoms with E-state index in [0.29, 0.717) is 6.61 Å². The Hall–Kier alpha value is -1.45. The molecule has 2 rings (SSSR count). The Morgan fingerprint density at radius 2 is 2.29 bits per heavy atom. The van der Waals surface area contributed by atoms with Crippen LogP contribution in [0.15, 0.2) is 59.0 Å². The van der Waals surface area contributed by atoms with Crippen molar-refractivity contribution in [3.05, 3.63) is 59.0 Å². The van der Waals surface area contributed by atoms with Gasteiger partial charge in [0.2, 0.25) is 0 Å². The van der Waals surface area contributed by atoms with Crippen molar-refractivity contribution in [2.45, 2.75) is 25.8 Å². The second-order valence-electron chi connectivity index (χ2n) is 4.95. The SMILES string of the molecule is CC/C=C\CNCCCOC1=C2C=CC=C(Cl)C2NC=C1. The van der Waals surface area contributed by atoms with Gasteiger partial charge in [0.1, 0.15) is 5.76 Å². The summed E-state index contributed by atoms with van der Waals surface area (Å²) in [5, 5.41) is 7.40. The van der Waals surface area contributed by atoms with Gasteiger partial charge in [-0.3, -0.25) is 0 Å². The lowest BCUT2D eigenvalue weighted by Crippen LogP contribution is -2.31. The number of halogens is 1. The van der Waals surface area contributed by atoms with Gasteiger partial charge in [-0.05, 0) is 31.5 Å². The van der Waals surface area contributed by atoms with Gasteiger partial charge in [-0.15, -0.1) is 0 Å². The van der Waals surface area contributed by atoms with Crippen LogP contribution >= 0.6 is 11.6 Å². The summed E-state index contributed by atoms with van der Waals surface area (Å²) in [5.74, 6) is 0.909. The van der Waals surface area contributed by atoms with Gasteiger partial charge in [0.15, 0.2) is 0 Å². The molecule has 0 bridgehead atoms. The van der Waals surface area contributed by atoms with Gasteiger partial charge in [0.05, 0.1) is 12.6 Å². The lowest BCUT2D eigenvalue weighted by Gasteiger charge is -2.26. The highest BCUT2D eigenvalue weighted by Gasteiger charge is 2.23. The summed E-state index contributed by atoms with van der Waals surface area (Å²) in [5.41, 5.74) is 1.10. The van der Waals surface area contributed by atoms with E-state index in [4.69, 9.17) is 16.3 Å². The van der Waals surface area contributed by atoms with E-state index in [-0.39, 0.29) is 6.04 Å². The molecule has 114 valence electrons. The van der Waals surface area contributed by atoms with Crippen molar-refractivity contribution < 1.29 is 4.74 Å². The molecule has 1 atom stereocenters. The standard InChI is InChI=1S/C17H23ClN2O/c1-2-3-4-10-19-11-6-13-21-16-9-12-20-17-14(16)7-5-8-15(17)18/h3-5,7-9,12,17,19-20H,2,6,10-11,13H2,1H3/b4-3-. The molecule has 3 nitrogen and oxygen atoms in total.